The summed E-state index contributed by atoms with van der Waals surface area (Å²) < 4.78 is 0. The fraction of sp³-hybridized carbons (Fsp3) is 0.647. The van der Waals surface area contributed by atoms with Crippen molar-refractivity contribution in [1.29, 1.82) is 0 Å². The fourth-order valence-corrected chi connectivity index (χ4v) is 4.45. The molecule has 126 valence electrons. The first kappa shape index (κ1) is 16.5. The molecular formula is C17H26N3O2S+. The van der Waals surface area contributed by atoms with Gasteiger partial charge in [0.15, 0.2) is 6.54 Å². The molecule has 2 aliphatic rings. The van der Waals surface area contributed by atoms with Crippen LogP contribution in [0.15, 0.2) is 11.4 Å². The molecule has 1 fully saturated rings. The van der Waals surface area contributed by atoms with Crippen LogP contribution in [-0.4, -0.2) is 37.5 Å². The molecule has 2 atom stereocenters. The predicted octanol–water partition coefficient (Wildman–Crippen LogP) is 0.281. The normalized spacial score (nSPS) is 23.4. The first-order valence-corrected chi connectivity index (χ1v) is 9.39. The molecule has 1 aliphatic carbocycles. The molecule has 1 unspecified atom stereocenters. The van der Waals surface area contributed by atoms with E-state index >= 15 is 0 Å². The lowest BCUT2D eigenvalue weighted by molar-refractivity contribution is -0.928. The Balaban J connectivity index is 1.55. The molecule has 0 radical (unpaired) electrons. The molecule has 2 amide bonds. The monoisotopic (exact) mass is 336 g/mol. The molecule has 1 aliphatic heterocycles. The summed E-state index contributed by atoms with van der Waals surface area (Å²) in [5.74, 6) is 0.583. The molecule has 1 aromatic heterocycles. The molecule has 0 bridgehead atoms. The SMILES string of the molecule is CC(C)NC(=O)CNC(=O)C[NH+]1CCc2sccc2[C@H]1C1CC1. The maximum Gasteiger partial charge on any atom is 0.275 e. The van der Waals surface area contributed by atoms with E-state index in [4.69, 9.17) is 0 Å². The third kappa shape index (κ3) is 4.12. The molecule has 23 heavy (non-hydrogen) atoms. The quantitative estimate of drug-likeness (QED) is 0.699. The molecule has 0 spiro atoms. The van der Waals surface area contributed by atoms with Crippen LogP contribution in [0.5, 0.6) is 0 Å². The first-order chi connectivity index (χ1) is 11.0. The summed E-state index contributed by atoms with van der Waals surface area (Å²) in [4.78, 5) is 26.7. The highest BCUT2D eigenvalue weighted by molar-refractivity contribution is 7.10. The second-order valence-electron chi connectivity index (χ2n) is 6.95. The molecule has 5 nitrogen and oxygen atoms in total. The topological polar surface area (TPSA) is 62.6 Å². The lowest BCUT2D eigenvalue weighted by Crippen LogP contribution is -3.14. The van der Waals surface area contributed by atoms with Gasteiger partial charge in [-0.15, -0.1) is 11.3 Å². The highest BCUT2D eigenvalue weighted by Crippen LogP contribution is 2.42. The van der Waals surface area contributed by atoms with E-state index in [2.05, 4.69) is 22.1 Å². The first-order valence-electron chi connectivity index (χ1n) is 8.51. The zero-order chi connectivity index (χ0) is 16.4. The van der Waals surface area contributed by atoms with Crippen molar-refractivity contribution in [1.82, 2.24) is 10.6 Å². The lowest BCUT2D eigenvalue weighted by atomic mass is 9.96. The van der Waals surface area contributed by atoms with Gasteiger partial charge < -0.3 is 15.5 Å². The number of quaternary nitrogens is 1. The summed E-state index contributed by atoms with van der Waals surface area (Å²) in [6.07, 6.45) is 3.62. The van der Waals surface area contributed by atoms with Gasteiger partial charge in [0.2, 0.25) is 5.91 Å². The standard InChI is InChI=1S/C17H25N3O2S/c1-11(2)19-15(21)9-18-16(22)10-20-7-5-14-13(6-8-23-14)17(20)12-3-4-12/h6,8,11-12,17H,3-5,7,9-10H2,1-2H3,(H,18,22)(H,19,21)/p+1/t17-/m1/s1. The summed E-state index contributed by atoms with van der Waals surface area (Å²) in [6.45, 7) is 5.38. The van der Waals surface area contributed by atoms with Crippen molar-refractivity contribution in [3.8, 4) is 0 Å². The van der Waals surface area contributed by atoms with Gasteiger partial charge in [0.1, 0.15) is 6.04 Å². The number of amides is 2. The van der Waals surface area contributed by atoms with Crippen molar-refractivity contribution >= 4 is 23.2 Å². The summed E-state index contributed by atoms with van der Waals surface area (Å²) in [6, 6.07) is 2.82. The average Bonchev–Trinajstić information content (AvgIpc) is 3.21. The van der Waals surface area contributed by atoms with Crippen LogP contribution in [0.25, 0.3) is 0 Å². The number of hydrogen-bond acceptors (Lipinski definition) is 3. The van der Waals surface area contributed by atoms with Crippen molar-refractivity contribution in [3.63, 3.8) is 0 Å². The Morgan fingerprint density at radius 2 is 2.13 bits per heavy atom. The number of hydrogen-bond donors (Lipinski definition) is 3. The van der Waals surface area contributed by atoms with Gasteiger partial charge in [0.05, 0.1) is 13.1 Å². The van der Waals surface area contributed by atoms with E-state index in [1.165, 1.54) is 28.2 Å². The molecule has 0 aromatic carbocycles. The van der Waals surface area contributed by atoms with Crippen LogP contribution >= 0.6 is 11.3 Å². The number of thiophene rings is 1. The third-order valence-electron chi connectivity index (χ3n) is 4.60. The Morgan fingerprint density at radius 1 is 1.35 bits per heavy atom. The third-order valence-corrected chi connectivity index (χ3v) is 5.60. The Kier molecular flexibility index (Phi) is 5.02. The number of rotatable bonds is 6. The van der Waals surface area contributed by atoms with Crippen LogP contribution in [-0.2, 0) is 16.0 Å². The minimum absolute atomic E-state index is 0.0248. The Hall–Kier alpha value is -1.40. The van der Waals surface area contributed by atoms with Crippen molar-refractivity contribution in [2.45, 2.75) is 45.2 Å². The van der Waals surface area contributed by atoms with Crippen LogP contribution in [0, 0.1) is 5.92 Å². The van der Waals surface area contributed by atoms with E-state index in [0.717, 1.165) is 18.9 Å². The highest BCUT2D eigenvalue weighted by Gasteiger charge is 2.43. The Bertz CT molecular complexity index is 580. The molecule has 1 aromatic rings. The number of carbonyl (C=O) groups is 2. The van der Waals surface area contributed by atoms with Crippen LogP contribution in [0.3, 0.4) is 0 Å². The van der Waals surface area contributed by atoms with Crippen LogP contribution in [0.2, 0.25) is 0 Å². The molecule has 3 N–H and O–H groups in total. The largest absolute Gasteiger partial charge is 0.352 e. The fourth-order valence-electron chi connectivity index (χ4n) is 3.52. The van der Waals surface area contributed by atoms with Crippen molar-refractivity contribution in [2.75, 3.05) is 19.6 Å². The molecule has 2 heterocycles. The van der Waals surface area contributed by atoms with Crippen molar-refractivity contribution in [2.24, 2.45) is 5.92 Å². The molecule has 0 saturated heterocycles. The summed E-state index contributed by atoms with van der Waals surface area (Å²) in [5, 5.41) is 7.73. The van der Waals surface area contributed by atoms with Gasteiger partial charge in [-0.05, 0) is 38.1 Å². The van der Waals surface area contributed by atoms with Gasteiger partial charge in [-0.25, -0.2) is 0 Å². The van der Waals surface area contributed by atoms with Gasteiger partial charge in [0, 0.05) is 28.8 Å². The summed E-state index contributed by atoms with van der Waals surface area (Å²) >= 11 is 1.85. The Labute approximate surface area is 141 Å². The summed E-state index contributed by atoms with van der Waals surface area (Å²) in [7, 11) is 0. The highest BCUT2D eigenvalue weighted by atomic mass is 32.1. The number of fused-ring (bicyclic) bond motifs is 1. The summed E-state index contributed by atoms with van der Waals surface area (Å²) in [5.41, 5.74) is 1.46. The van der Waals surface area contributed by atoms with E-state index in [-0.39, 0.29) is 24.4 Å². The smallest absolute Gasteiger partial charge is 0.275 e. The van der Waals surface area contributed by atoms with Gasteiger partial charge in [0.25, 0.3) is 5.91 Å². The van der Waals surface area contributed by atoms with Crippen molar-refractivity contribution < 1.29 is 14.5 Å². The molecular weight excluding hydrogens is 310 g/mol. The molecule has 3 rings (SSSR count). The van der Waals surface area contributed by atoms with E-state index in [9.17, 15) is 9.59 Å². The molecule has 6 heteroatoms. The zero-order valence-corrected chi connectivity index (χ0v) is 14.7. The predicted molar refractivity (Wildman–Crippen MR) is 90.5 cm³/mol. The van der Waals surface area contributed by atoms with E-state index < -0.39 is 0 Å². The maximum absolute atomic E-state index is 12.2. The molecule has 1 saturated carbocycles. The second kappa shape index (κ2) is 7.01. The van der Waals surface area contributed by atoms with E-state index in [1.54, 1.807) is 0 Å². The van der Waals surface area contributed by atoms with Crippen LogP contribution < -0.4 is 15.5 Å². The van der Waals surface area contributed by atoms with Crippen LogP contribution in [0.4, 0.5) is 0 Å². The maximum atomic E-state index is 12.2. The lowest BCUT2D eigenvalue weighted by Gasteiger charge is -2.32. The van der Waals surface area contributed by atoms with Gasteiger partial charge in [-0.2, -0.15) is 0 Å². The average molecular weight is 336 g/mol. The second-order valence-corrected chi connectivity index (χ2v) is 7.95. The number of carbonyl (C=O) groups excluding carboxylic acids is 2. The van der Waals surface area contributed by atoms with Gasteiger partial charge in [-0.1, -0.05) is 0 Å². The van der Waals surface area contributed by atoms with E-state index in [0.29, 0.717) is 12.6 Å². The van der Waals surface area contributed by atoms with Gasteiger partial charge in [-0.3, -0.25) is 9.59 Å². The van der Waals surface area contributed by atoms with E-state index in [1.807, 2.05) is 25.2 Å². The number of nitrogens with one attached hydrogen (secondary N) is 3. The van der Waals surface area contributed by atoms with Gasteiger partial charge >= 0.3 is 0 Å². The minimum atomic E-state index is -0.124. The Morgan fingerprint density at radius 3 is 2.83 bits per heavy atom. The van der Waals surface area contributed by atoms with Crippen molar-refractivity contribution in [3.05, 3.63) is 21.9 Å². The van der Waals surface area contributed by atoms with Crippen LogP contribution in [0.1, 0.15) is 43.2 Å². The minimum Gasteiger partial charge on any atom is -0.352 e. The zero-order valence-electron chi connectivity index (χ0n) is 13.9.